The molecule has 0 spiro atoms. The number of benzene rings is 1. The third-order valence-corrected chi connectivity index (χ3v) is 1.79. The molecule has 4 heteroatoms. The number of aromatic hydroxyl groups is 3. The zero-order chi connectivity index (χ0) is 9.30. The summed E-state index contributed by atoms with van der Waals surface area (Å²) in [6.07, 6.45) is 0. The Morgan fingerprint density at radius 3 is 2.08 bits per heavy atom. The van der Waals surface area contributed by atoms with E-state index in [4.69, 9.17) is 21.8 Å². The summed E-state index contributed by atoms with van der Waals surface area (Å²) in [7, 11) is 0. The largest absolute Gasteiger partial charge is 0.507 e. The van der Waals surface area contributed by atoms with Crippen LogP contribution in [0.4, 0.5) is 0 Å². The van der Waals surface area contributed by atoms with Gasteiger partial charge in [0.25, 0.3) is 0 Å². The first-order valence-electron chi connectivity index (χ1n) is 3.41. The van der Waals surface area contributed by atoms with Gasteiger partial charge in [-0.25, -0.2) is 0 Å². The molecule has 1 aromatic carbocycles. The summed E-state index contributed by atoms with van der Waals surface area (Å²) in [5.41, 5.74) is 0.395. The molecular weight excluding hydrogens is 180 g/mol. The third-order valence-electron chi connectivity index (χ3n) is 1.55. The summed E-state index contributed by atoms with van der Waals surface area (Å²) in [6, 6.07) is 2.30. The van der Waals surface area contributed by atoms with Crippen molar-refractivity contribution >= 4 is 11.6 Å². The molecule has 3 N–H and O–H groups in total. The zero-order valence-electron chi connectivity index (χ0n) is 6.45. The minimum absolute atomic E-state index is 0.118. The molecule has 66 valence electrons. The lowest BCUT2D eigenvalue weighted by Gasteiger charge is -2.07. The summed E-state index contributed by atoms with van der Waals surface area (Å²) < 4.78 is 0. The highest BCUT2D eigenvalue weighted by Gasteiger charge is 2.11. The molecular formula is C8H9ClO3. The van der Waals surface area contributed by atoms with Crippen LogP contribution in [0.1, 0.15) is 17.9 Å². The maximum absolute atomic E-state index is 9.23. The van der Waals surface area contributed by atoms with Gasteiger partial charge in [-0.15, -0.1) is 11.6 Å². The van der Waals surface area contributed by atoms with E-state index in [1.165, 1.54) is 6.07 Å². The topological polar surface area (TPSA) is 60.7 Å². The van der Waals surface area contributed by atoms with Crippen LogP contribution in [0.5, 0.6) is 17.2 Å². The highest BCUT2D eigenvalue weighted by molar-refractivity contribution is 6.20. The van der Waals surface area contributed by atoms with Gasteiger partial charge in [0, 0.05) is 11.6 Å². The molecule has 0 aromatic heterocycles. The van der Waals surface area contributed by atoms with Crippen LogP contribution < -0.4 is 0 Å². The molecule has 12 heavy (non-hydrogen) atoms. The SMILES string of the molecule is CC(Cl)c1cc(O)c(O)cc1O. The van der Waals surface area contributed by atoms with Crippen LogP contribution in [0.25, 0.3) is 0 Å². The number of alkyl halides is 1. The van der Waals surface area contributed by atoms with Crippen LogP contribution in [-0.4, -0.2) is 15.3 Å². The number of rotatable bonds is 1. The Kier molecular flexibility index (Phi) is 2.33. The lowest BCUT2D eigenvalue weighted by atomic mass is 10.1. The Balaban J connectivity index is 3.23. The molecule has 3 nitrogen and oxygen atoms in total. The maximum Gasteiger partial charge on any atom is 0.161 e. The Bertz CT molecular complexity index is 297. The van der Waals surface area contributed by atoms with Crippen molar-refractivity contribution in [1.29, 1.82) is 0 Å². The smallest absolute Gasteiger partial charge is 0.161 e. The van der Waals surface area contributed by atoms with Crippen molar-refractivity contribution in [1.82, 2.24) is 0 Å². The quantitative estimate of drug-likeness (QED) is 0.359. The maximum atomic E-state index is 9.23. The van der Waals surface area contributed by atoms with Gasteiger partial charge in [0.05, 0.1) is 5.38 Å². The van der Waals surface area contributed by atoms with Gasteiger partial charge in [-0.1, -0.05) is 0 Å². The zero-order valence-corrected chi connectivity index (χ0v) is 7.21. The van der Waals surface area contributed by atoms with E-state index in [9.17, 15) is 5.11 Å². The lowest BCUT2D eigenvalue weighted by molar-refractivity contribution is 0.394. The fourth-order valence-electron chi connectivity index (χ4n) is 0.901. The Morgan fingerprint density at radius 1 is 1.08 bits per heavy atom. The van der Waals surface area contributed by atoms with Crippen LogP contribution in [0.15, 0.2) is 12.1 Å². The predicted molar refractivity (Wildman–Crippen MR) is 45.7 cm³/mol. The number of phenolic OH excluding ortho intramolecular Hbond substituents is 3. The predicted octanol–water partition coefficient (Wildman–Crippen LogP) is 2.10. The van der Waals surface area contributed by atoms with Crippen molar-refractivity contribution in [2.75, 3.05) is 0 Å². The Labute approximate surface area is 74.8 Å². The van der Waals surface area contributed by atoms with E-state index in [0.29, 0.717) is 5.56 Å². The molecule has 0 amide bonds. The van der Waals surface area contributed by atoms with Crippen LogP contribution in [0.2, 0.25) is 0 Å². The monoisotopic (exact) mass is 188 g/mol. The van der Waals surface area contributed by atoms with E-state index in [2.05, 4.69) is 0 Å². The molecule has 0 aliphatic carbocycles. The van der Waals surface area contributed by atoms with E-state index >= 15 is 0 Å². The van der Waals surface area contributed by atoms with Gasteiger partial charge in [0.2, 0.25) is 0 Å². The molecule has 0 heterocycles. The summed E-state index contributed by atoms with van der Waals surface area (Å²) in [6.45, 7) is 1.66. The number of hydrogen-bond donors (Lipinski definition) is 3. The van der Waals surface area contributed by atoms with Crippen molar-refractivity contribution in [3.05, 3.63) is 17.7 Å². The Morgan fingerprint density at radius 2 is 1.58 bits per heavy atom. The van der Waals surface area contributed by atoms with Gasteiger partial charge in [-0.3, -0.25) is 0 Å². The second-order valence-corrected chi connectivity index (χ2v) is 3.17. The van der Waals surface area contributed by atoms with Crippen molar-refractivity contribution in [2.45, 2.75) is 12.3 Å². The highest BCUT2D eigenvalue weighted by atomic mass is 35.5. The minimum Gasteiger partial charge on any atom is -0.507 e. The van der Waals surface area contributed by atoms with Gasteiger partial charge in [-0.05, 0) is 13.0 Å². The molecule has 0 fully saturated rings. The fraction of sp³-hybridized carbons (Fsp3) is 0.250. The summed E-state index contributed by atoms with van der Waals surface area (Å²) in [5.74, 6) is -0.753. The van der Waals surface area contributed by atoms with Gasteiger partial charge in [0.15, 0.2) is 11.5 Å². The van der Waals surface area contributed by atoms with Crippen LogP contribution in [0, 0.1) is 0 Å². The minimum atomic E-state index is -0.406. The van der Waals surface area contributed by atoms with Crippen LogP contribution in [-0.2, 0) is 0 Å². The van der Waals surface area contributed by atoms with E-state index < -0.39 is 5.38 Å². The standard InChI is InChI=1S/C8H9ClO3/c1-4(9)5-2-7(11)8(12)3-6(5)10/h2-4,10-12H,1H3. The van der Waals surface area contributed by atoms with Crippen molar-refractivity contribution in [3.8, 4) is 17.2 Å². The molecule has 0 radical (unpaired) electrons. The molecule has 0 saturated heterocycles. The molecule has 1 unspecified atom stereocenters. The first-order chi connectivity index (χ1) is 5.52. The van der Waals surface area contributed by atoms with E-state index in [1.54, 1.807) is 6.92 Å². The fourth-order valence-corrected chi connectivity index (χ4v) is 1.08. The summed E-state index contributed by atoms with van der Waals surface area (Å²) >= 11 is 5.68. The normalized spacial score (nSPS) is 12.8. The molecule has 1 rings (SSSR count). The number of phenols is 3. The van der Waals surface area contributed by atoms with Gasteiger partial charge >= 0.3 is 0 Å². The number of halogens is 1. The average Bonchev–Trinajstić information content (AvgIpc) is 1.96. The summed E-state index contributed by atoms with van der Waals surface area (Å²) in [5, 5.41) is 26.8. The third kappa shape index (κ3) is 1.56. The first kappa shape index (κ1) is 9.00. The summed E-state index contributed by atoms with van der Waals surface area (Å²) in [4.78, 5) is 0. The van der Waals surface area contributed by atoms with Crippen LogP contribution in [0.3, 0.4) is 0 Å². The first-order valence-corrected chi connectivity index (χ1v) is 3.85. The van der Waals surface area contributed by atoms with Gasteiger partial charge in [-0.2, -0.15) is 0 Å². The van der Waals surface area contributed by atoms with E-state index in [-0.39, 0.29) is 17.2 Å². The molecule has 1 aromatic rings. The Hall–Kier alpha value is -1.09. The van der Waals surface area contributed by atoms with Crippen molar-refractivity contribution < 1.29 is 15.3 Å². The second-order valence-electron chi connectivity index (χ2n) is 2.52. The van der Waals surface area contributed by atoms with Crippen molar-refractivity contribution in [2.24, 2.45) is 0 Å². The molecule has 0 bridgehead atoms. The molecule has 0 aliphatic heterocycles. The molecule has 1 atom stereocenters. The van der Waals surface area contributed by atoms with Crippen LogP contribution >= 0.6 is 11.6 Å². The number of hydrogen-bond acceptors (Lipinski definition) is 3. The van der Waals surface area contributed by atoms with Gasteiger partial charge in [0.1, 0.15) is 5.75 Å². The van der Waals surface area contributed by atoms with Crippen molar-refractivity contribution in [3.63, 3.8) is 0 Å². The van der Waals surface area contributed by atoms with E-state index in [0.717, 1.165) is 6.07 Å². The van der Waals surface area contributed by atoms with E-state index in [1.807, 2.05) is 0 Å². The average molecular weight is 189 g/mol. The molecule has 0 aliphatic rings. The van der Waals surface area contributed by atoms with Gasteiger partial charge < -0.3 is 15.3 Å². The lowest BCUT2D eigenvalue weighted by Crippen LogP contribution is -1.85. The molecule has 0 saturated carbocycles. The highest BCUT2D eigenvalue weighted by Crippen LogP contribution is 2.37. The second kappa shape index (κ2) is 3.11.